The van der Waals surface area contributed by atoms with E-state index < -0.39 is 5.91 Å². The zero-order valence-corrected chi connectivity index (χ0v) is 16.9. The molecule has 0 bridgehead atoms. The molecule has 2 aromatic carbocycles. The van der Waals surface area contributed by atoms with Gasteiger partial charge < -0.3 is 9.64 Å². The number of halogens is 2. The Morgan fingerprint density at radius 3 is 2.81 bits per heavy atom. The van der Waals surface area contributed by atoms with Gasteiger partial charge in [0.2, 0.25) is 0 Å². The topological polar surface area (TPSA) is 41.9 Å². The minimum absolute atomic E-state index is 0.106. The Morgan fingerprint density at radius 2 is 2.11 bits per heavy atom. The first-order valence-corrected chi connectivity index (χ1v) is 9.62. The molecule has 1 heterocycles. The highest BCUT2D eigenvalue weighted by Gasteiger charge is 2.36. The van der Waals surface area contributed by atoms with E-state index in [4.69, 9.17) is 16.3 Å². The van der Waals surface area contributed by atoms with Crippen LogP contribution in [0.2, 0.25) is 5.02 Å². The van der Waals surface area contributed by atoms with Crippen molar-refractivity contribution in [2.24, 2.45) is 4.99 Å². The maximum Gasteiger partial charge on any atom is 0.283 e. The number of benzene rings is 2. The third-order valence-electron chi connectivity index (χ3n) is 4.06. The van der Waals surface area contributed by atoms with Gasteiger partial charge in [-0.1, -0.05) is 35.5 Å². The number of thioether (sulfide) groups is 1. The first-order valence-electron chi connectivity index (χ1n) is 8.42. The SMILES string of the molecule is COc1ccc(Cl)cc1C(=O)/N=C1\SC(C)(C)CN1Cc1cccc(F)c1. The van der Waals surface area contributed by atoms with Gasteiger partial charge in [0.05, 0.1) is 12.7 Å². The molecular formula is C20H20ClFN2O2S. The molecule has 2 aromatic rings. The van der Waals surface area contributed by atoms with Gasteiger partial charge in [-0.05, 0) is 49.7 Å². The fourth-order valence-corrected chi connectivity index (χ4v) is 4.21. The number of hydrogen-bond acceptors (Lipinski definition) is 3. The maximum absolute atomic E-state index is 13.5. The van der Waals surface area contributed by atoms with Crippen molar-refractivity contribution in [3.63, 3.8) is 0 Å². The van der Waals surface area contributed by atoms with E-state index in [0.29, 0.717) is 34.6 Å². The monoisotopic (exact) mass is 406 g/mol. The van der Waals surface area contributed by atoms with Gasteiger partial charge in [-0.25, -0.2) is 4.39 Å². The minimum Gasteiger partial charge on any atom is -0.496 e. The van der Waals surface area contributed by atoms with Crippen molar-refractivity contribution in [2.45, 2.75) is 25.1 Å². The number of amides is 1. The Morgan fingerprint density at radius 1 is 1.33 bits per heavy atom. The van der Waals surface area contributed by atoms with Gasteiger partial charge in [0.15, 0.2) is 5.17 Å². The van der Waals surface area contributed by atoms with Crippen LogP contribution in [0.15, 0.2) is 47.5 Å². The number of nitrogens with zero attached hydrogens (tertiary/aromatic N) is 2. The quantitative estimate of drug-likeness (QED) is 0.715. The lowest BCUT2D eigenvalue weighted by atomic mass is 10.1. The van der Waals surface area contributed by atoms with Crippen LogP contribution in [0.25, 0.3) is 0 Å². The summed E-state index contributed by atoms with van der Waals surface area (Å²) in [6.45, 7) is 5.35. The second kappa shape index (κ2) is 7.90. The molecule has 0 aromatic heterocycles. The minimum atomic E-state index is -0.418. The summed E-state index contributed by atoms with van der Waals surface area (Å²) in [6, 6.07) is 11.3. The molecule has 27 heavy (non-hydrogen) atoms. The van der Waals surface area contributed by atoms with E-state index in [9.17, 15) is 9.18 Å². The summed E-state index contributed by atoms with van der Waals surface area (Å²) in [6.07, 6.45) is 0. The number of amidine groups is 1. The number of ether oxygens (including phenoxy) is 1. The van der Waals surface area contributed by atoms with E-state index in [2.05, 4.69) is 18.8 Å². The first kappa shape index (κ1) is 19.7. The molecule has 3 rings (SSSR count). The van der Waals surface area contributed by atoms with E-state index >= 15 is 0 Å². The first-order chi connectivity index (χ1) is 12.8. The van der Waals surface area contributed by atoms with Crippen LogP contribution >= 0.6 is 23.4 Å². The van der Waals surface area contributed by atoms with Crippen LogP contribution in [0, 0.1) is 5.82 Å². The van der Waals surface area contributed by atoms with Crippen LogP contribution in [0.3, 0.4) is 0 Å². The Kier molecular flexibility index (Phi) is 5.77. The fraction of sp³-hybridized carbons (Fsp3) is 0.300. The van der Waals surface area contributed by atoms with Crippen LogP contribution in [-0.2, 0) is 6.54 Å². The highest BCUT2D eigenvalue weighted by atomic mass is 35.5. The maximum atomic E-state index is 13.5. The summed E-state index contributed by atoms with van der Waals surface area (Å²) in [7, 11) is 1.50. The Labute approximate surface area is 167 Å². The molecule has 4 nitrogen and oxygen atoms in total. The summed E-state index contributed by atoms with van der Waals surface area (Å²) in [5.41, 5.74) is 1.14. The molecule has 1 amide bonds. The Bertz CT molecular complexity index is 901. The van der Waals surface area contributed by atoms with Crippen LogP contribution in [0.4, 0.5) is 4.39 Å². The van der Waals surface area contributed by atoms with Gasteiger partial charge in [-0.3, -0.25) is 4.79 Å². The number of aliphatic imine (C=N–C) groups is 1. The average Bonchev–Trinajstić information content (AvgIpc) is 2.88. The third-order valence-corrected chi connectivity index (χ3v) is 5.51. The fourth-order valence-electron chi connectivity index (χ4n) is 2.94. The summed E-state index contributed by atoms with van der Waals surface area (Å²) in [5.74, 6) is -0.275. The molecule has 0 spiro atoms. The predicted molar refractivity (Wildman–Crippen MR) is 108 cm³/mol. The van der Waals surface area contributed by atoms with Gasteiger partial charge in [0.1, 0.15) is 11.6 Å². The molecule has 0 atom stereocenters. The Balaban J connectivity index is 1.90. The van der Waals surface area contributed by atoms with Gasteiger partial charge in [-0.2, -0.15) is 4.99 Å². The van der Waals surface area contributed by atoms with E-state index in [-0.39, 0.29) is 10.6 Å². The van der Waals surface area contributed by atoms with E-state index in [1.165, 1.54) is 31.0 Å². The molecule has 142 valence electrons. The van der Waals surface area contributed by atoms with Crippen molar-refractivity contribution in [3.8, 4) is 5.75 Å². The van der Waals surface area contributed by atoms with Gasteiger partial charge in [-0.15, -0.1) is 0 Å². The standard InChI is InChI=1S/C20H20ClFN2O2S/c1-20(2)12-24(11-13-5-4-6-15(22)9-13)19(27-20)23-18(25)16-10-14(21)7-8-17(16)26-3/h4-10H,11-12H2,1-3H3/b23-19-. The van der Waals surface area contributed by atoms with Crippen LogP contribution < -0.4 is 4.74 Å². The van der Waals surface area contributed by atoms with Crippen molar-refractivity contribution in [1.82, 2.24) is 4.90 Å². The van der Waals surface area contributed by atoms with E-state index in [0.717, 1.165) is 5.56 Å². The van der Waals surface area contributed by atoms with Crippen molar-refractivity contribution in [1.29, 1.82) is 0 Å². The second-order valence-electron chi connectivity index (χ2n) is 6.89. The largest absolute Gasteiger partial charge is 0.496 e. The normalized spacial score (nSPS) is 17.4. The molecule has 0 aliphatic carbocycles. The van der Waals surface area contributed by atoms with Crippen LogP contribution in [0.5, 0.6) is 5.75 Å². The molecule has 0 unspecified atom stereocenters. The lowest BCUT2D eigenvalue weighted by Crippen LogP contribution is -2.28. The molecule has 1 aliphatic heterocycles. The molecule has 0 N–H and O–H groups in total. The van der Waals surface area contributed by atoms with Gasteiger partial charge in [0.25, 0.3) is 5.91 Å². The predicted octanol–water partition coefficient (Wildman–Crippen LogP) is 5.01. The van der Waals surface area contributed by atoms with Gasteiger partial charge >= 0.3 is 0 Å². The number of rotatable bonds is 4. The Hall–Kier alpha value is -2.05. The average molecular weight is 407 g/mol. The summed E-state index contributed by atoms with van der Waals surface area (Å²) in [5, 5.41) is 1.05. The molecule has 0 saturated carbocycles. The lowest BCUT2D eigenvalue weighted by Gasteiger charge is -2.20. The number of methoxy groups -OCH3 is 1. The smallest absolute Gasteiger partial charge is 0.283 e. The van der Waals surface area contributed by atoms with Crippen molar-refractivity contribution >= 4 is 34.4 Å². The number of hydrogen-bond donors (Lipinski definition) is 0. The highest BCUT2D eigenvalue weighted by Crippen LogP contribution is 2.37. The second-order valence-corrected chi connectivity index (χ2v) is 9.00. The van der Waals surface area contributed by atoms with Crippen molar-refractivity contribution in [2.75, 3.05) is 13.7 Å². The third kappa shape index (κ3) is 4.82. The van der Waals surface area contributed by atoms with E-state index in [1.54, 1.807) is 24.3 Å². The number of carbonyl (C=O) groups is 1. The van der Waals surface area contributed by atoms with Crippen LogP contribution in [0.1, 0.15) is 29.8 Å². The lowest BCUT2D eigenvalue weighted by molar-refractivity contribution is 0.0998. The highest BCUT2D eigenvalue weighted by molar-refractivity contribution is 8.15. The molecular weight excluding hydrogens is 387 g/mol. The molecule has 1 saturated heterocycles. The molecule has 1 aliphatic rings. The molecule has 1 fully saturated rings. The van der Waals surface area contributed by atoms with Crippen molar-refractivity contribution in [3.05, 3.63) is 64.4 Å². The van der Waals surface area contributed by atoms with E-state index in [1.807, 2.05) is 11.0 Å². The number of carbonyl (C=O) groups excluding carboxylic acids is 1. The van der Waals surface area contributed by atoms with Gasteiger partial charge in [0, 0.05) is 22.9 Å². The summed E-state index contributed by atoms with van der Waals surface area (Å²) < 4.78 is 18.7. The van der Waals surface area contributed by atoms with Crippen LogP contribution in [-0.4, -0.2) is 34.4 Å². The summed E-state index contributed by atoms with van der Waals surface area (Å²) >= 11 is 7.55. The zero-order valence-electron chi connectivity index (χ0n) is 15.3. The summed E-state index contributed by atoms with van der Waals surface area (Å²) in [4.78, 5) is 19.1. The molecule has 0 radical (unpaired) electrons. The zero-order chi connectivity index (χ0) is 19.6. The molecule has 7 heteroatoms. The van der Waals surface area contributed by atoms with Crippen molar-refractivity contribution < 1.29 is 13.9 Å².